The predicted molar refractivity (Wildman–Crippen MR) is 101 cm³/mol. The van der Waals surface area contributed by atoms with Crippen LogP contribution in [0.4, 0.5) is 4.79 Å². The lowest BCUT2D eigenvalue weighted by molar-refractivity contribution is -0.118. The zero-order valence-corrected chi connectivity index (χ0v) is 16.2. The Kier molecular flexibility index (Phi) is 4.09. The Morgan fingerprint density at radius 1 is 1.23 bits per heavy atom. The van der Waals surface area contributed by atoms with E-state index in [1.165, 1.54) is 24.8 Å². The third kappa shape index (κ3) is 2.33. The number of rotatable bonds is 1. The van der Waals surface area contributed by atoms with E-state index in [2.05, 4.69) is 32.2 Å². The van der Waals surface area contributed by atoms with Crippen LogP contribution in [-0.2, 0) is 4.79 Å². The van der Waals surface area contributed by atoms with Crippen LogP contribution in [0.3, 0.4) is 0 Å². The molecule has 4 nitrogen and oxygen atoms in total. The van der Waals surface area contributed by atoms with Gasteiger partial charge in [0.2, 0.25) is 0 Å². The standard InChI is InChI=1S/C22H31NO3/c1-4-13-6-8-17-16-7-5-14-11-15(24)12-19(23-20(25)26)22(14,3)18(16)9-10-21(13,17)2/h4,11,16-19,23H,5-10,12H2,1-3H3,(H,25,26)/t16-,17-,18-,19?,21+,22-/m0/s1. The van der Waals surface area contributed by atoms with E-state index < -0.39 is 6.09 Å². The molecule has 0 radical (unpaired) electrons. The molecule has 0 aliphatic heterocycles. The number of hydrogen-bond donors (Lipinski definition) is 2. The molecule has 0 aromatic heterocycles. The third-order valence-corrected chi connectivity index (χ3v) is 8.60. The van der Waals surface area contributed by atoms with Crippen LogP contribution in [0.25, 0.3) is 0 Å². The van der Waals surface area contributed by atoms with Gasteiger partial charge in [-0.1, -0.05) is 31.1 Å². The molecule has 0 bridgehead atoms. The normalized spacial score (nSPS) is 46.2. The van der Waals surface area contributed by atoms with Gasteiger partial charge in [-0.25, -0.2) is 4.79 Å². The molecule has 1 unspecified atom stereocenters. The Morgan fingerprint density at radius 3 is 2.69 bits per heavy atom. The summed E-state index contributed by atoms with van der Waals surface area (Å²) in [5.41, 5.74) is 2.94. The van der Waals surface area contributed by atoms with E-state index in [1.807, 2.05) is 6.08 Å². The number of ketones is 1. The number of carboxylic acid groups (broad SMARTS) is 1. The SMILES string of the molecule is CC=C1CC[C@H]2[C@@H]3CCC4=CC(=O)CC(NC(=O)O)[C@]4(C)[C@H]3CC[C@]12C. The Hall–Kier alpha value is -1.58. The van der Waals surface area contributed by atoms with Gasteiger partial charge in [-0.2, -0.15) is 0 Å². The van der Waals surface area contributed by atoms with Crippen molar-refractivity contribution in [2.75, 3.05) is 0 Å². The van der Waals surface area contributed by atoms with Gasteiger partial charge in [-0.05, 0) is 74.7 Å². The first-order valence-corrected chi connectivity index (χ1v) is 10.2. The highest BCUT2D eigenvalue weighted by molar-refractivity contribution is 5.93. The molecule has 4 rings (SSSR count). The van der Waals surface area contributed by atoms with E-state index in [0.717, 1.165) is 19.3 Å². The van der Waals surface area contributed by atoms with Crippen LogP contribution in [0.15, 0.2) is 23.3 Å². The van der Waals surface area contributed by atoms with E-state index in [4.69, 9.17) is 0 Å². The maximum Gasteiger partial charge on any atom is 0.404 e. The topological polar surface area (TPSA) is 66.4 Å². The van der Waals surface area contributed by atoms with Crippen molar-refractivity contribution in [3.8, 4) is 0 Å². The first-order chi connectivity index (χ1) is 12.3. The maximum absolute atomic E-state index is 12.2. The van der Waals surface area contributed by atoms with Gasteiger partial charge in [0.15, 0.2) is 5.78 Å². The van der Waals surface area contributed by atoms with Crippen LogP contribution in [0.5, 0.6) is 0 Å². The number of nitrogens with one attached hydrogen (secondary N) is 1. The quantitative estimate of drug-likeness (QED) is 0.668. The second-order valence-electron chi connectivity index (χ2n) is 9.35. The second kappa shape index (κ2) is 5.97. The van der Waals surface area contributed by atoms with Crippen molar-refractivity contribution in [1.82, 2.24) is 5.32 Å². The summed E-state index contributed by atoms with van der Waals surface area (Å²) in [7, 11) is 0. The zero-order chi connectivity index (χ0) is 18.7. The maximum atomic E-state index is 12.2. The van der Waals surface area contributed by atoms with Gasteiger partial charge in [0, 0.05) is 17.9 Å². The number of allylic oxidation sites excluding steroid dienone is 2. The smallest absolute Gasteiger partial charge is 0.404 e. The minimum Gasteiger partial charge on any atom is -0.465 e. The average Bonchev–Trinajstić information content (AvgIpc) is 2.92. The summed E-state index contributed by atoms with van der Waals surface area (Å²) < 4.78 is 0. The van der Waals surface area contributed by atoms with Crippen LogP contribution in [0, 0.1) is 28.6 Å². The minimum atomic E-state index is -1.01. The fourth-order valence-corrected chi connectivity index (χ4v) is 7.31. The summed E-state index contributed by atoms with van der Waals surface area (Å²) in [5, 5.41) is 12.1. The van der Waals surface area contributed by atoms with Crippen molar-refractivity contribution < 1.29 is 14.7 Å². The van der Waals surface area contributed by atoms with Crippen LogP contribution in [0.2, 0.25) is 0 Å². The number of hydrogen-bond acceptors (Lipinski definition) is 2. The third-order valence-electron chi connectivity index (χ3n) is 8.60. The van der Waals surface area contributed by atoms with Crippen molar-refractivity contribution >= 4 is 11.9 Å². The Balaban J connectivity index is 1.72. The van der Waals surface area contributed by atoms with E-state index >= 15 is 0 Å². The summed E-state index contributed by atoms with van der Waals surface area (Å²) in [4.78, 5) is 23.6. The molecule has 0 spiro atoms. The van der Waals surface area contributed by atoms with Gasteiger partial charge in [-0.15, -0.1) is 0 Å². The van der Waals surface area contributed by atoms with Gasteiger partial charge in [-0.3, -0.25) is 4.79 Å². The molecule has 2 N–H and O–H groups in total. The molecule has 0 saturated heterocycles. The van der Waals surface area contributed by atoms with E-state index in [1.54, 1.807) is 5.57 Å². The molecule has 4 aliphatic rings. The van der Waals surface area contributed by atoms with Crippen LogP contribution >= 0.6 is 0 Å². The second-order valence-corrected chi connectivity index (χ2v) is 9.35. The Bertz CT molecular complexity index is 708. The highest BCUT2D eigenvalue weighted by Crippen LogP contribution is 2.66. The van der Waals surface area contributed by atoms with Gasteiger partial charge in [0.25, 0.3) is 0 Å². The van der Waals surface area contributed by atoms with Crippen molar-refractivity contribution in [3.05, 3.63) is 23.3 Å². The number of carbonyl (C=O) groups excluding carboxylic acids is 1. The Morgan fingerprint density at radius 2 is 2.00 bits per heavy atom. The lowest BCUT2D eigenvalue weighted by atomic mass is 9.46. The molecule has 26 heavy (non-hydrogen) atoms. The van der Waals surface area contributed by atoms with Crippen molar-refractivity contribution in [3.63, 3.8) is 0 Å². The molecule has 0 heterocycles. The van der Waals surface area contributed by atoms with Crippen molar-refractivity contribution in [2.24, 2.45) is 28.6 Å². The lowest BCUT2D eigenvalue weighted by Gasteiger charge is -2.59. The highest BCUT2D eigenvalue weighted by Gasteiger charge is 2.59. The van der Waals surface area contributed by atoms with Gasteiger partial charge in [0.05, 0.1) is 0 Å². The lowest BCUT2D eigenvalue weighted by Crippen LogP contribution is -2.59. The monoisotopic (exact) mass is 357 g/mol. The summed E-state index contributed by atoms with van der Waals surface area (Å²) >= 11 is 0. The van der Waals surface area contributed by atoms with E-state index in [9.17, 15) is 14.7 Å². The first kappa shape index (κ1) is 17.8. The van der Waals surface area contributed by atoms with E-state index in [0.29, 0.717) is 29.6 Å². The summed E-state index contributed by atoms with van der Waals surface area (Å²) in [6.07, 6.45) is 10.4. The van der Waals surface area contributed by atoms with Crippen molar-refractivity contribution in [2.45, 2.75) is 71.8 Å². The van der Waals surface area contributed by atoms with Gasteiger partial charge >= 0.3 is 6.09 Å². The highest BCUT2D eigenvalue weighted by atomic mass is 16.4. The molecule has 4 aliphatic carbocycles. The first-order valence-electron chi connectivity index (χ1n) is 10.2. The summed E-state index contributed by atoms with van der Waals surface area (Å²) in [6, 6.07) is -0.285. The number of carbonyl (C=O) groups is 2. The zero-order valence-electron chi connectivity index (χ0n) is 16.2. The largest absolute Gasteiger partial charge is 0.465 e. The molecular formula is C22H31NO3. The molecule has 3 fully saturated rings. The van der Waals surface area contributed by atoms with Crippen LogP contribution in [-0.4, -0.2) is 23.0 Å². The fourth-order valence-electron chi connectivity index (χ4n) is 7.31. The molecule has 0 aromatic rings. The van der Waals surface area contributed by atoms with Crippen LogP contribution in [0.1, 0.15) is 65.7 Å². The average molecular weight is 357 g/mol. The van der Waals surface area contributed by atoms with Crippen LogP contribution < -0.4 is 5.32 Å². The molecule has 4 heteroatoms. The molecule has 0 aromatic carbocycles. The molecule has 1 amide bonds. The van der Waals surface area contributed by atoms with Crippen molar-refractivity contribution in [1.29, 1.82) is 0 Å². The van der Waals surface area contributed by atoms with Gasteiger partial charge in [0.1, 0.15) is 0 Å². The summed E-state index contributed by atoms with van der Waals surface area (Å²) in [5.74, 6) is 1.89. The predicted octanol–water partition coefficient (Wildman–Crippen LogP) is 4.71. The van der Waals surface area contributed by atoms with Gasteiger partial charge < -0.3 is 10.4 Å². The fraction of sp³-hybridized carbons (Fsp3) is 0.727. The Labute approximate surface area is 156 Å². The number of amides is 1. The molecule has 142 valence electrons. The minimum absolute atomic E-state index is 0.0763. The summed E-state index contributed by atoms with van der Waals surface area (Å²) in [6.45, 7) is 6.87. The van der Waals surface area contributed by atoms with E-state index in [-0.39, 0.29) is 17.2 Å². The number of fused-ring (bicyclic) bond motifs is 5. The molecule has 3 saturated carbocycles. The molecule has 6 atom stereocenters. The molecular weight excluding hydrogens is 326 g/mol.